The van der Waals surface area contributed by atoms with E-state index in [9.17, 15) is 4.39 Å². The van der Waals surface area contributed by atoms with Crippen molar-refractivity contribution in [3.8, 4) is 0 Å². The SMILES string of the molecule is CN1CCC=C(c2c[nH]c3nccc(F)c23)C1. The minimum atomic E-state index is -0.208. The van der Waals surface area contributed by atoms with Crippen molar-refractivity contribution in [2.45, 2.75) is 6.42 Å². The van der Waals surface area contributed by atoms with E-state index in [-0.39, 0.29) is 5.82 Å². The normalized spacial score (nSPS) is 17.4. The number of rotatable bonds is 1. The van der Waals surface area contributed by atoms with Gasteiger partial charge in [0, 0.05) is 31.0 Å². The Morgan fingerprint density at radius 3 is 3.18 bits per heavy atom. The molecule has 0 atom stereocenters. The molecular formula is C13H14FN3. The van der Waals surface area contributed by atoms with Crippen molar-refractivity contribution < 1.29 is 4.39 Å². The standard InChI is InChI=1S/C13H14FN3/c1-17-6-2-3-9(8-17)10-7-16-13-12(10)11(14)4-5-15-13/h3-5,7H,2,6,8H2,1H3,(H,15,16). The molecule has 1 N–H and O–H groups in total. The Hall–Kier alpha value is -1.68. The van der Waals surface area contributed by atoms with Gasteiger partial charge < -0.3 is 9.88 Å². The molecule has 0 saturated heterocycles. The van der Waals surface area contributed by atoms with Gasteiger partial charge in [0.05, 0.1) is 5.39 Å². The molecule has 2 aromatic rings. The van der Waals surface area contributed by atoms with Crippen molar-refractivity contribution in [1.82, 2.24) is 14.9 Å². The van der Waals surface area contributed by atoms with E-state index in [0.717, 1.165) is 25.1 Å². The lowest BCUT2D eigenvalue weighted by Crippen LogP contribution is -2.24. The summed E-state index contributed by atoms with van der Waals surface area (Å²) in [5.74, 6) is -0.208. The zero-order valence-electron chi connectivity index (χ0n) is 9.70. The Morgan fingerprint density at radius 2 is 2.35 bits per heavy atom. The van der Waals surface area contributed by atoms with Crippen molar-refractivity contribution >= 4 is 16.6 Å². The highest BCUT2D eigenvalue weighted by molar-refractivity contribution is 5.91. The fourth-order valence-electron chi connectivity index (χ4n) is 2.36. The number of hydrogen-bond donors (Lipinski definition) is 1. The first-order chi connectivity index (χ1) is 8.25. The summed E-state index contributed by atoms with van der Waals surface area (Å²) in [6.45, 7) is 1.92. The van der Waals surface area contributed by atoms with Gasteiger partial charge in [-0.15, -0.1) is 0 Å². The molecule has 3 rings (SSSR count). The van der Waals surface area contributed by atoms with Crippen LogP contribution in [0.15, 0.2) is 24.5 Å². The van der Waals surface area contributed by atoms with E-state index in [1.165, 1.54) is 17.8 Å². The molecule has 0 unspecified atom stereocenters. The van der Waals surface area contributed by atoms with E-state index in [0.29, 0.717) is 11.0 Å². The summed E-state index contributed by atoms with van der Waals surface area (Å²) in [5, 5.41) is 0.606. The highest BCUT2D eigenvalue weighted by Crippen LogP contribution is 2.28. The van der Waals surface area contributed by atoms with E-state index >= 15 is 0 Å². The van der Waals surface area contributed by atoms with Crippen LogP contribution in [0.1, 0.15) is 12.0 Å². The van der Waals surface area contributed by atoms with Gasteiger partial charge in [-0.05, 0) is 25.1 Å². The zero-order chi connectivity index (χ0) is 11.8. The first-order valence-electron chi connectivity index (χ1n) is 5.75. The third kappa shape index (κ3) is 1.74. The van der Waals surface area contributed by atoms with Gasteiger partial charge in [0.15, 0.2) is 0 Å². The molecule has 0 aromatic carbocycles. The predicted molar refractivity (Wildman–Crippen MR) is 66.1 cm³/mol. The fourth-order valence-corrected chi connectivity index (χ4v) is 2.36. The number of pyridine rings is 1. The largest absolute Gasteiger partial charge is 0.345 e. The predicted octanol–water partition coefficient (Wildman–Crippen LogP) is 2.42. The van der Waals surface area contributed by atoms with E-state index in [1.54, 1.807) is 0 Å². The molecule has 3 heterocycles. The van der Waals surface area contributed by atoms with Crippen molar-refractivity contribution in [2.75, 3.05) is 20.1 Å². The lowest BCUT2D eigenvalue weighted by atomic mass is 10.0. The van der Waals surface area contributed by atoms with Crippen molar-refractivity contribution in [3.63, 3.8) is 0 Å². The number of nitrogens with zero attached hydrogens (tertiary/aromatic N) is 2. The summed E-state index contributed by atoms with van der Waals surface area (Å²) >= 11 is 0. The van der Waals surface area contributed by atoms with Crippen LogP contribution < -0.4 is 0 Å². The smallest absolute Gasteiger partial charge is 0.140 e. The first-order valence-corrected chi connectivity index (χ1v) is 5.75. The lowest BCUT2D eigenvalue weighted by Gasteiger charge is -2.22. The van der Waals surface area contributed by atoms with E-state index < -0.39 is 0 Å². The number of aromatic amines is 1. The molecule has 17 heavy (non-hydrogen) atoms. The summed E-state index contributed by atoms with van der Waals surface area (Å²) < 4.78 is 13.8. The maximum absolute atomic E-state index is 13.8. The molecule has 0 aliphatic carbocycles. The van der Waals surface area contributed by atoms with Gasteiger partial charge in [0.25, 0.3) is 0 Å². The van der Waals surface area contributed by atoms with Crippen LogP contribution in [0.3, 0.4) is 0 Å². The average Bonchev–Trinajstić information content (AvgIpc) is 2.74. The second kappa shape index (κ2) is 3.96. The minimum absolute atomic E-state index is 0.208. The molecule has 1 aliphatic heterocycles. The number of fused-ring (bicyclic) bond motifs is 1. The molecule has 88 valence electrons. The number of H-pyrrole nitrogens is 1. The van der Waals surface area contributed by atoms with Gasteiger partial charge in [0.1, 0.15) is 11.5 Å². The van der Waals surface area contributed by atoms with Crippen LogP contribution in [0.2, 0.25) is 0 Å². The maximum Gasteiger partial charge on any atom is 0.140 e. The summed E-state index contributed by atoms with van der Waals surface area (Å²) in [4.78, 5) is 9.41. The van der Waals surface area contributed by atoms with Crippen LogP contribution >= 0.6 is 0 Å². The van der Waals surface area contributed by atoms with Crippen LogP contribution in [-0.4, -0.2) is 35.0 Å². The highest BCUT2D eigenvalue weighted by Gasteiger charge is 2.16. The van der Waals surface area contributed by atoms with E-state index in [2.05, 4.69) is 28.0 Å². The highest BCUT2D eigenvalue weighted by atomic mass is 19.1. The Morgan fingerprint density at radius 1 is 1.47 bits per heavy atom. The summed E-state index contributed by atoms with van der Waals surface area (Å²) in [6.07, 6.45) is 6.54. The molecule has 2 aromatic heterocycles. The Balaban J connectivity index is 2.15. The Kier molecular flexibility index (Phi) is 2.44. The van der Waals surface area contributed by atoms with Crippen LogP contribution in [0.25, 0.3) is 16.6 Å². The molecule has 0 amide bonds. The first kappa shape index (κ1) is 10.5. The minimum Gasteiger partial charge on any atom is -0.345 e. The van der Waals surface area contributed by atoms with Crippen LogP contribution in [0.5, 0.6) is 0 Å². The molecular weight excluding hydrogens is 217 g/mol. The fraction of sp³-hybridized carbons (Fsp3) is 0.308. The third-order valence-electron chi connectivity index (χ3n) is 3.21. The number of aromatic nitrogens is 2. The average molecular weight is 231 g/mol. The topological polar surface area (TPSA) is 31.9 Å². The van der Waals surface area contributed by atoms with E-state index in [1.807, 2.05) is 6.20 Å². The van der Waals surface area contributed by atoms with E-state index in [4.69, 9.17) is 0 Å². The van der Waals surface area contributed by atoms with Crippen molar-refractivity contribution in [1.29, 1.82) is 0 Å². The number of likely N-dealkylation sites (N-methyl/N-ethyl adjacent to an activating group) is 1. The van der Waals surface area contributed by atoms with Crippen LogP contribution in [-0.2, 0) is 0 Å². The molecule has 0 spiro atoms. The van der Waals surface area contributed by atoms with Gasteiger partial charge in [-0.25, -0.2) is 9.37 Å². The molecule has 0 radical (unpaired) electrons. The monoisotopic (exact) mass is 231 g/mol. The number of hydrogen-bond acceptors (Lipinski definition) is 2. The third-order valence-corrected chi connectivity index (χ3v) is 3.21. The Bertz CT molecular complexity index is 585. The second-order valence-electron chi connectivity index (χ2n) is 4.47. The van der Waals surface area contributed by atoms with Gasteiger partial charge in [-0.3, -0.25) is 0 Å². The van der Waals surface area contributed by atoms with Gasteiger partial charge in [-0.2, -0.15) is 0 Å². The Labute approximate surface area is 99.0 Å². The van der Waals surface area contributed by atoms with Crippen LogP contribution in [0.4, 0.5) is 4.39 Å². The summed E-state index contributed by atoms with van der Waals surface area (Å²) in [7, 11) is 2.08. The van der Waals surface area contributed by atoms with Crippen molar-refractivity contribution in [3.05, 3.63) is 35.9 Å². The van der Waals surface area contributed by atoms with Crippen molar-refractivity contribution in [2.24, 2.45) is 0 Å². The number of halogens is 1. The molecule has 4 heteroatoms. The number of nitrogens with one attached hydrogen (secondary N) is 1. The second-order valence-corrected chi connectivity index (χ2v) is 4.47. The quantitative estimate of drug-likeness (QED) is 0.817. The zero-order valence-corrected chi connectivity index (χ0v) is 9.70. The molecule has 0 fully saturated rings. The molecule has 0 bridgehead atoms. The van der Waals surface area contributed by atoms with Gasteiger partial charge in [0.2, 0.25) is 0 Å². The summed E-state index contributed by atoms with van der Waals surface area (Å²) in [6, 6.07) is 1.41. The molecule has 1 aliphatic rings. The van der Waals surface area contributed by atoms with Gasteiger partial charge in [-0.1, -0.05) is 6.08 Å². The lowest BCUT2D eigenvalue weighted by molar-refractivity contribution is 0.373. The molecule has 0 saturated carbocycles. The summed E-state index contributed by atoms with van der Waals surface area (Å²) in [5.41, 5.74) is 2.74. The van der Waals surface area contributed by atoms with Crippen LogP contribution in [0, 0.1) is 5.82 Å². The maximum atomic E-state index is 13.8. The van der Waals surface area contributed by atoms with Gasteiger partial charge >= 0.3 is 0 Å². The molecule has 3 nitrogen and oxygen atoms in total.